The fourth-order valence-corrected chi connectivity index (χ4v) is 0. The second kappa shape index (κ2) is 91.1. The number of rotatable bonds is 0. The Hall–Kier alpha value is 1.45. The molecule has 0 aromatic carbocycles. The predicted octanol–water partition coefficient (Wildman–Crippen LogP) is -0.859. The van der Waals surface area contributed by atoms with Crippen LogP contribution in [0.3, 0.4) is 0 Å². The topological polar surface area (TPSA) is 114 Å². The summed E-state index contributed by atoms with van der Waals surface area (Å²) < 4.78 is 0. The molecule has 32 valence electrons. The zero-order chi connectivity index (χ0) is 0. The van der Waals surface area contributed by atoms with Gasteiger partial charge in [0.15, 0.2) is 0 Å². The molecule has 4 nitrogen and oxygen atoms in total. The summed E-state index contributed by atoms with van der Waals surface area (Å²) in [7, 11) is 0. The molecular weight excluding hydrogens is 360 g/mol. The van der Waals surface area contributed by atoms with Crippen LogP contribution in [0.5, 0.6) is 0 Å². The van der Waals surface area contributed by atoms with E-state index in [1.807, 2.05) is 0 Å². The monoisotopic (exact) mass is 360 g/mol. The first-order chi connectivity index (χ1) is 0. The van der Waals surface area contributed by atoms with E-state index in [0.717, 1.165) is 0 Å². The Morgan fingerprint density at radius 3 is 0.500 bits per heavy atom. The summed E-state index contributed by atoms with van der Waals surface area (Å²) in [5, 5.41) is 0. The summed E-state index contributed by atoms with van der Waals surface area (Å²) in [5.41, 5.74) is 0. The Morgan fingerprint density at radius 2 is 0.500 bits per heavy atom. The third-order valence-electron chi connectivity index (χ3n) is 0. The van der Waals surface area contributed by atoms with Crippen molar-refractivity contribution in [3.05, 3.63) is 0 Å². The fraction of sp³-hybridized carbons (Fsp3) is 0. The van der Waals surface area contributed by atoms with Gasteiger partial charge in [-0.2, -0.15) is 0 Å². The molecule has 0 unspecified atom stereocenters. The molecule has 0 fully saturated rings. The third kappa shape index (κ3) is 51.3. The summed E-state index contributed by atoms with van der Waals surface area (Å²) in [6, 6.07) is 0. The molecule has 0 aliphatic heterocycles. The average molecular weight is 360 g/mol. The van der Waals surface area contributed by atoms with E-state index in [-0.39, 0.29) is 70.1 Å². The van der Waals surface area contributed by atoms with E-state index in [1.54, 1.807) is 0 Å². The minimum Gasteiger partial charge on any atom is -2.00 e. The maximum absolute atomic E-state index is 0. The van der Waals surface area contributed by atoms with Crippen LogP contribution >= 0.6 is 0 Å². The standard InChI is InChI=1S/In.4O.Ta/q+3;4*-2;+5. The summed E-state index contributed by atoms with van der Waals surface area (Å²) in [4.78, 5) is 0. The summed E-state index contributed by atoms with van der Waals surface area (Å²) in [5.74, 6) is 0. The van der Waals surface area contributed by atoms with Crippen molar-refractivity contribution in [2.24, 2.45) is 0 Å². The summed E-state index contributed by atoms with van der Waals surface area (Å²) in [6.45, 7) is 0. The molecule has 0 radical (unpaired) electrons. The van der Waals surface area contributed by atoms with Crippen molar-refractivity contribution in [1.29, 1.82) is 0 Å². The van der Waals surface area contributed by atoms with Crippen LogP contribution in [-0.2, 0) is 44.3 Å². The van der Waals surface area contributed by atoms with Crippen molar-refractivity contribution in [2.75, 3.05) is 0 Å². The van der Waals surface area contributed by atoms with Gasteiger partial charge in [0.2, 0.25) is 0 Å². The SMILES string of the molecule is [In+3].[O-2].[O-2].[O-2].[O-2].[Ta+5]. The van der Waals surface area contributed by atoms with Crippen molar-refractivity contribution >= 4 is 25.8 Å². The number of hydrogen-bond acceptors (Lipinski definition) is 0. The molecule has 0 saturated heterocycles. The minimum absolute atomic E-state index is 0. The van der Waals surface area contributed by atoms with E-state index in [1.165, 1.54) is 0 Å². The van der Waals surface area contributed by atoms with Crippen molar-refractivity contribution in [1.82, 2.24) is 0 Å². The average Bonchev–Trinajstić information content (AvgIpc) is 0. The van der Waals surface area contributed by atoms with Crippen LogP contribution in [0.2, 0.25) is 0 Å². The van der Waals surface area contributed by atoms with Crippen LogP contribution in [-0.4, -0.2) is 25.8 Å². The molecule has 0 aromatic heterocycles. The van der Waals surface area contributed by atoms with Crippen LogP contribution in [0.25, 0.3) is 0 Å². The molecular formula is InO4Ta. The fourth-order valence-electron chi connectivity index (χ4n) is 0. The summed E-state index contributed by atoms with van der Waals surface area (Å²) in [6.07, 6.45) is 0. The zero-order valence-corrected chi connectivity index (χ0v) is 9.17. The predicted molar refractivity (Wildman–Crippen MR) is 8.50 cm³/mol. The maximum atomic E-state index is 0. The third-order valence-corrected chi connectivity index (χ3v) is 0. The first kappa shape index (κ1) is 147. The maximum Gasteiger partial charge on any atom is 5.00 e. The Balaban J connectivity index is 0. The zero-order valence-electron chi connectivity index (χ0n) is 2.66. The molecule has 0 atom stereocenters. The Morgan fingerprint density at radius 1 is 0.500 bits per heavy atom. The minimum atomic E-state index is 0. The van der Waals surface area contributed by atoms with Gasteiger partial charge in [0.05, 0.1) is 0 Å². The molecule has 6 heteroatoms. The molecule has 0 heterocycles. The molecule has 0 saturated carbocycles. The van der Waals surface area contributed by atoms with E-state index in [2.05, 4.69) is 0 Å². The molecule has 0 aliphatic carbocycles. The van der Waals surface area contributed by atoms with Gasteiger partial charge in [0, 0.05) is 0 Å². The van der Waals surface area contributed by atoms with Gasteiger partial charge in [-0.15, -0.1) is 0 Å². The van der Waals surface area contributed by atoms with Gasteiger partial charge in [-0.05, 0) is 0 Å². The molecule has 6 heavy (non-hydrogen) atoms. The normalized spacial score (nSPS) is 0. The molecule has 0 aromatic rings. The quantitative estimate of drug-likeness (QED) is 0.535. The second-order valence-corrected chi connectivity index (χ2v) is 0. The van der Waals surface area contributed by atoms with Gasteiger partial charge < -0.3 is 21.9 Å². The number of hydrogen-bond donors (Lipinski definition) is 0. The second-order valence-electron chi connectivity index (χ2n) is 0. The van der Waals surface area contributed by atoms with Crippen LogP contribution in [0.15, 0.2) is 0 Å². The van der Waals surface area contributed by atoms with E-state index >= 15 is 0 Å². The Kier molecular flexibility index (Phi) is 2240. The van der Waals surface area contributed by atoms with Crippen molar-refractivity contribution in [3.8, 4) is 0 Å². The van der Waals surface area contributed by atoms with Gasteiger partial charge >= 0.3 is 48.2 Å². The molecule has 0 spiro atoms. The van der Waals surface area contributed by atoms with Gasteiger partial charge in [-0.25, -0.2) is 0 Å². The van der Waals surface area contributed by atoms with Crippen LogP contribution < -0.4 is 0 Å². The van der Waals surface area contributed by atoms with Crippen LogP contribution in [0, 0.1) is 0 Å². The molecule has 0 bridgehead atoms. The van der Waals surface area contributed by atoms with Crippen molar-refractivity contribution in [2.45, 2.75) is 0 Å². The smallest absolute Gasteiger partial charge is 2.00 e. The molecule has 0 N–H and O–H groups in total. The van der Waals surface area contributed by atoms with Crippen molar-refractivity contribution in [3.63, 3.8) is 0 Å². The first-order valence-electron chi connectivity index (χ1n) is 0. The van der Waals surface area contributed by atoms with Crippen molar-refractivity contribution < 1.29 is 44.3 Å². The van der Waals surface area contributed by atoms with Crippen LogP contribution in [0.4, 0.5) is 0 Å². The Bertz CT molecular complexity index is 7.51. The first-order valence-corrected chi connectivity index (χ1v) is 0. The van der Waals surface area contributed by atoms with Crippen LogP contribution in [0.1, 0.15) is 0 Å². The van der Waals surface area contributed by atoms with E-state index in [9.17, 15) is 0 Å². The Labute approximate surface area is 69.8 Å². The molecule has 0 aliphatic rings. The van der Waals surface area contributed by atoms with Gasteiger partial charge in [0.25, 0.3) is 0 Å². The summed E-state index contributed by atoms with van der Waals surface area (Å²) >= 11 is 0. The van der Waals surface area contributed by atoms with E-state index in [0.29, 0.717) is 0 Å². The van der Waals surface area contributed by atoms with E-state index < -0.39 is 0 Å². The van der Waals surface area contributed by atoms with E-state index in [4.69, 9.17) is 0 Å². The van der Waals surface area contributed by atoms with Gasteiger partial charge in [-0.3, -0.25) is 0 Å². The molecule has 0 rings (SSSR count). The largest absolute Gasteiger partial charge is 5.00 e. The van der Waals surface area contributed by atoms with Gasteiger partial charge in [0.1, 0.15) is 0 Å². The van der Waals surface area contributed by atoms with Gasteiger partial charge in [-0.1, -0.05) is 0 Å². The molecule has 0 amide bonds.